The normalized spacial score (nSPS) is 14.9. The molecule has 0 radical (unpaired) electrons. The molecule has 12 heteroatoms. The smallest absolute Gasteiger partial charge is 0.295 e. The number of ether oxygens (including phenoxy) is 1. The van der Waals surface area contributed by atoms with E-state index in [-0.39, 0.29) is 24.0 Å². The number of pyridine rings is 1. The monoisotopic (exact) mass is 548 g/mol. The number of rotatable bonds is 11. The van der Waals surface area contributed by atoms with E-state index in [4.69, 9.17) is 9.72 Å². The number of hydrogen-bond acceptors (Lipinski definition) is 10. The van der Waals surface area contributed by atoms with Gasteiger partial charge in [0.05, 0.1) is 54.2 Å². The maximum absolute atomic E-state index is 13.7. The van der Waals surface area contributed by atoms with Crippen LogP contribution in [0, 0.1) is 0 Å². The second-order valence-corrected chi connectivity index (χ2v) is 11.3. The lowest BCUT2D eigenvalue weighted by molar-refractivity contribution is 0.162. The van der Waals surface area contributed by atoms with E-state index in [0.717, 1.165) is 36.2 Å². The van der Waals surface area contributed by atoms with E-state index in [1.54, 1.807) is 42.5 Å². The van der Waals surface area contributed by atoms with Crippen molar-refractivity contribution in [3.63, 3.8) is 0 Å². The quantitative estimate of drug-likeness (QED) is 0.277. The van der Waals surface area contributed by atoms with Gasteiger partial charge < -0.3 is 14.6 Å². The molecule has 0 amide bonds. The highest BCUT2D eigenvalue weighted by atomic mass is 32.2. The first-order valence-corrected chi connectivity index (χ1v) is 14.5. The van der Waals surface area contributed by atoms with Gasteiger partial charge in [-0.1, -0.05) is 6.92 Å². The lowest BCUT2D eigenvalue weighted by Crippen LogP contribution is -2.30. The van der Waals surface area contributed by atoms with Gasteiger partial charge in [0.25, 0.3) is 5.56 Å². The lowest BCUT2D eigenvalue weighted by atomic mass is 10.1. The summed E-state index contributed by atoms with van der Waals surface area (Å²) in [4.78, 5) is 41.9. The average molecular weight is 549 g/mol. The molecular formula is C27H32N8O3S. The minimum absolute atomic E-state index is 0.167. The van der Waals surface area contributed by atoms with Crippen LogP contribution in [0.15, 0.2) is 40.5 Å². The summed E-state index contributed by atoms with van der Waals surface area (Å²) in [5.74, 6) is 1.58. The number of aryl methyl sites for hydroxylation is 1. The highest BCUT2D eigenvalue weighted by Gasteiger charge is 2.31. The standard InChI is InChI=1S/C27H32N8O3S/c1-5-20-22(23(17-7-8-17)32-15-31-20)24-30-13-21-26(34-24)35(16(3)14-38-4)27(36)25(33-21)29-11-18-9-10-19(12-28-18)39(37)6-2/h9-10,12-13,15-17H,5-8,11,14H2,1-4H3,(H,29,33)/t16-,39?/m1/s1. The molecule has 1 unspecified atom stereocenters. The first-order valence-electron chi connectivity index (χ1n) is 13.1. The van der Waals surface area contributed by atoms with E-state index in [0.29, 0.717) is 45.9 Å². The van der Waals surface area contributed by atoms with Crippen LogP contribution in [0.25, 0.3) is 22.6 Å². The van der Waals surface area contributed by atoms with Crippen molar-refractivity contribution in [3.05, 3.63) is 58.3 Å². The highest BCUT2D eigenvalue weighted by molar-refractivity contribution is 7.91. The third-order valence-electron chi connectivity index (χ3n) is 6.72. The van der Waals surface area contributed by atoms with Crippen molar-refractivity contribution in [1.82, 2.24) is 34.5 Å². The number of aromatic nitrogens is 7. The SMILES string of the molecule is CCc1ncnc(C2CC2)c1-c1ncc2nc(NCc3ccc([S+]([O-])CC)cn3)c(=O)n([C@H](C)COC)c2n1. The summed E-state index contributed by atoms with van der Waals surface area (Å²) in [7, 11) is 1.60. The van der Waals surface area contributed by atoms with Crippen LogP contribution in [-0.2, 0) is 28.9 Å². The van der Waals surface area contributed by atoms with Gasteiger partial charge in [0.1, 0.15) is 17.6 Å². The zero-order chi connectivity index (χ0) is 27.5. The molecule has 4 aromatic heterocycles. The largest absolute Gasteiger partial charge is 0.611 e. The molecule has 1 N–H and O–H groups in total. The van der Waals surface area contributed by atoms with Gasteiger partial charge in [0, 0.05) is 13.0 Å². The van der Waals surface area contributed by atoms with Crippen molar-refractivity contribution in [2.24, 2.45) is 0 Å². The Balaban J connectivity index is 1.55. The molecule has 11 nitrogen and oxygen atoms in total. The molecule has 1 aliphatic rings. The van der Waals surface area contributed by atoms with Gasteiger partial charge in [-0.15, -0.1) is 0 Å². The second kappa shape index (κ2) is 11.7. The molecule has 0 spiro atoms. The zero-order valence-electron chi connectivity index (χ0n) is 22.5. The van der Waals surface area contributed by atoms with Crippen LogP contribution in [0.1, 0.15) is 62.7 Å². The van der Waals surface area contributed by atoms with Crippen molar-refractivity contribution in [2.45, 2.75) is 63.4 Å². The Morgan fingerprint density at radius 2 is 1.97 bits per heavy atom. The van der Waals surface area contributed by atoms with E-state index in [9.17, 15) is 9.35 Å². The number of methoxy groups -OCH3 is 1. The number of hydrogen-bond donors (Lipinski definition) is 1. The Labute approximate surface area is 229 Å². The molecular weight excluding hydrogens is 516 g/mol. The van der Waals surface area contributed by atoms with Crippen LogP contribution in [0.2, 0.25) is 0 Å². The summed E-state index contributed by atoms with van der Waals surface area (Å²) in [6.07, 6.45) is 7.75. The lowest BCUT2D eigenvalue weighted by Gasteiger charge is -2.19. The molecule has 39 heavy (non-hydrogen) atoms. The molecule has 1 aliphatic carbocycles. The van der Waals surface area contributed by atoms with Crippen LogP contribution >= 0.6 is 0 Å². The van der Waals surface area contributed by atoms with E-state index < -0.39 is 11.2 Å². The number of fused-ring (bicyclic) bond motifs is 1. The Bertz CT molecular complexity index is 1520. The van der Waals surface area contributed by atoms with Crippen LogP contribution in [0.3, 0.4) is 0 Å². The van der Waals surface area contributed by atoms with Crippen LogP contribution in [0.5, 0.6) is 0 Å². The maximum atomic E-state index is 13.7. The first kappa shape index (κ1) is 27.1. The summed E-state index contributed by atoms with van der Waals surface area (Å²) in [5.41, 5.74) is 3.99. The summed E-state index contributed by atoms with van der Waals surface area (Å²) in [6.45, 7) is 6.41. The van der Waals surface area contributed by atoms with E-state index in [1.165, 1.54) is 0 Å². The van der Waals surface area contributed by atoms with Gasteiger partial charge in [-0.3, -0.25) is 14.3 Å². The summed E-state index contributed by atoms with van der Waals surface area (Å²) in [5, 5.41) is 3.12. The Kier molecular flexibility index (Phi) is 8.15. The molecule has 0 saturated heterocycles. The maximum Gasteiger partial charge on any atom is 0.295 e. The topological polar surface area (TPSA) is 144 Å². The van der Waals surface area contributed by atoms with Crippen molar-refractivity contribution in [3.8, 4) is 11.4 Å². The molecule has 204 valence electrons. The minimum atomic E-state index is -1.07. The van der Waals surface area contributed by atoms with Crippen molar-refractivity contribution >= 4 is 28.2 Å². The molecule has 4 heterocycles. The van der Waals surface area contributed by atoms with Gasteiger partial charge in [0.2, 0.25) is 0 Å². The minimum Gasteiger partial charge on any atom is -0.611 e. The third kappa shape index (κ3) is 5.63. The molecule has 4 aromatic rings. The van der Waals surface area contributed by atoms with E-state index in [2.05, 4.69) is 30.2 Å². The molecule has 0 aromatic carbocycles. The number of anilines is 1. The Morgan fingerprint density at radius 1 is 1.15 bits per heavy atom. The fraction of sp³-hybridized carbons (Fsp3) is 0.444. The van der Waals surface area contributed by atoms with Gasteiger partial charge >= 0.3 is 0 Å². The Hall–Kier alpha value is -3.48. The van der Waals surface area contributed by atoms with Crippen molar-refractivity contribution in [1.29, 1.82) is 0 Å². The highest BCUT2D eigenvalue weighted by Crippen LogP contribution is 2.43. The molecule has 2 atom stereocenters. The summed E-state index contributed by atoms with van der Waals surface area (Å²) in [6, 6.07) is 3.28. The van der Waals surface area contributed by atoms with Crippen LogP contribution in [-0.4, -0.2) is 58.5 Å². The molecule has 1 fully saturated rings. The van der Waals surface area contributed by atoms with E-state index >= 15 is 0 Å². The van der Waals surface area contributed by atoms with Gasteiger partial charge in [-0.05, 0) is 56.4 Å². The predicted molar refractivity (Wildman–Crippen MR) is 149 cm³/mol. The number of nitrogens with zero attached hydrogens (tertiary/aromatic N) is 7. The number of nitrogens with one attached hydrogen (secondary N) is 1. The molecule has 0 bridgehead atoms. The van der Waals surface area contributed by atoms with Crippen molar-refractivity contribution < 1.29 is 9.29 Å². The van der Waals surface area contributed by atoms with Gasteiger partial charge in [-0.25, -0.2) is 24.9 Å². The van der Waals surface area contributed by atoms with Crippen LogP contribution in [0.4, 0.5) is 5.82 Å². The van der Waals surface area contributed by atoms with Gasteiger partial charge in [-0.2, -0.15) is 0 Å². The predicted octanol–water partition coefficient (Wildman–Crippen LogP) is 3.43. The van der Waals surface area contributed by atoms with Crippen molar-refractivity contribution in [2.75, 3.05) is 24.8 Å². The van der Waals surface area contributed by atoms with Crippen LogP contribution < -0.4 is 10.9 Å². The molecule has 1 saturated carbocycles. The fourth-order valence-corrected chi connectivity index (χ4v) is 5.29. The van der Waals surface area contributed by atoms with Gasteiger partial charge in [0.15, 0.2) is 22.2 Å². The fourth-order valence-electron chi connectivity index (χ4n) is 4.57. The third-order valence-corrected chi connectivity index (χ3v) is 8.01. The second-order valence-electron chi connectivity index (χ2n) is 9.52. The van der Waals surface area contributed by atoms with E-state index in [1.807, 2.05) is 20.8 Å². The summed E-state index contributed by atoms with van der Waals surface area (Å²) < 4.78 is 19.0. The Morgan fingerprint density at radius 3 is 2.64 bits per heavy atom. The average Bonchev–Trinajstić information content (AvgIpc) is 3.81. The zero-order valence-corrected chi connectivity index (χ0v) is 23.4. The first-order chi connectivity index (χ1) is 18.9. The molecule has 0 aliphatic heterocycles. The molecule has 5 rings (SSSR count). The summed E-state index contributed by atoms with van der Waals surface area (Å²) >= 11 is -1.07.